The molecule has 2 aromatic rings. The van der Waals surface area contributed by atoms with E-state index in [0.717, 1.165) is 28.1 Å². The first kappa shape index (κ1) is 13.6. The Morgan fingerprint density at radius 1 is 1.18 bits per heavy atom. The van der Waals surface area contributed by atoms with Gasteiger partial charge in [0.25, 0.3) is 0 Å². The van der Waals surface area contributed by atoms with Crippen molar-refractivity contribution in [3.8, 4) is 11.3 Å². The molecule has 0 aromatic carbocycles. The molecule has 0 unspecified atom stereocenters. The zero-order valence-corrected chi connectivity index (χ0v) is 10.8. The molecule has 0 fully saturated rings. The van der Waals surface area contributed by atoms with Crippen LogP contribution in [-0.2, 0) is 6.54 Å². The van der Waals surface area contributed by atoms with E-state index in [1.54, 1.807) is 0 Å². The molecule has 0 saturated heterocycles. The predicted molar refractivity (Wildman–Crippen MR) is 72.1 cm³/mol. The summed E-state index contributed by atoms with van der Waals surface area (Å²) in [7, 11) is 0. The lowest BCUT2D eigenvalue weighted by Crippen LogP contribution is -1.99. The molecule has 0 aliphatic rings. The van der Waals surface area contributed by atoms with E-state index in [4.69, 9.17) is 5.73 Å². The molecule has 0 spiro atoms. The molecule has 0 saturated carbocycles. The molecule has 2 heterocycles. The minimum absolute atomic E-state index is 0. The molecule has 0 amide bonds. The largest absolute Gasteiger partial charge is 0.326 e. The maximum Gasteiger partial charge on any atom is 0.0732 e. The fraction of sp³-hybridized carbons (Fsp3) is 0.231. The van der Waals surface area contributed by atoms with E-state index in [9.17, 15) is 0 Å². The summed E-state index contributed by atoms with van der Waals surface area (Å²) >= 11 is 0. The van der Waals surface area contributed by atoms with Crippen molar-refractivity contribution >= 4 is 12.4 Å². The van der Waals surface area contributed by atoms with Crippen LogP contribution in [0, 0.1) is 13.8 Å². The third-order valence-corrected chi connectivity index (χ3v) is 2.54. The standard InChI is InChI=1S/C13H15N3.ClH/c1-9-5-11(7-14)8-16-13(9)12-3-4-15-10(2)6-12;/h3-6,8H,7,14H2,1-2H3;1H. The van der Waals surface area contributed by atoms with E-state index in [-0.39, 0.29) is 12.4 Å². The van der Waals surface area contributed by atoms with E-state index in [2.05, 4.69) is 23.0 Å². The van der Waals surface area contributed by atoms with Crippen LogP contribution in [0.2, 0.25) is 0 Å². The fourth-order valence-electron chi connectivity index (χ4n) is 1.74. The quantitative estimate of drug-likeness (QED) is 0.890. The lowest BCUT2D eigenvalue weighted by molar-refractivity contribution is 1.04. The molecular weight excluding hydrogens is 234 g/mol. The summed E-state index contributed by atoms with van der Waals surface area (Å²) in [5, 5.41) is 0. The van der Waals surface area contributed by atoms with E-state index in [1.165, 1.54) is 0 Å². The lowest BCUT2D eigenvalue weighted by Gasteiger charge is -2.07. The second kappa shape index (κ2) is 5.75. The Hall–Kier alpha value is -1.45. The normalized spacial score (nSPS) is 9.82. The van der Waals surface area contributed by atoms with E-state index in [1.807, 2.05) is 31.5 Å². The van der Waals surface area contributed by atoms with Gasteiger partial charge in [-0.15, -0.1) is 12.4 Å². The average molecular weight is 250 g/mol. The summed E-state index contributed by atoms with van der Waals surface area (Å²) in [6, 6.07) is 6.10. The Kier molecular flexibility index (Phi) is 4.61. The molecule has 90 valence electrons. The van der Waals surface area contributed by atoms with Crippen molar-refractivity contribution in [3.63, 3.8) is 0 Å². The van der Waals surface area contributed by atoms with E-state index >= 15 is 0 Å². The summed E-state index contributed by atoms with van der Waals surface area (Å²) in [5.74, 6) is 0. The minimum atomic E-state index is 0. The highest BCUT2D eigenvalue weighted by molar-refractivity contribution is 5.85. The fourth-order valence-corrected chi connectivity index (χ4v) is 1.74. The van der Waals surface area contributed by atoms with Crippen molar-refractivity contribution in [3.05, 3.63) is 47.4 Å². The molecule has 17 heavy (non-hydrogen) atoms. The van der Waals surface area contributed by atoms with Crippen molar-refractivity contribution in [1.82, 2.24) is 9.97 Å². The molecule has 3 nitrogen and oxygen atoms in total. The van der Waals surface area contributed by atoms with Gasteiger partial charge in [0.05, 0.1) is 5.69 Å². The number of nitrogens with zero attached hydrogens (tertiary/aromatic N) is 2. The van der Waals surface area contributed by atoms with Gasteiger partial charge in [-0.1, -0.05) is 6.07 Å². The van der Waals surface area contributed by atoms with Gasteiger partial charge in [-0.25, -0.2) is 0 Å². The summed E-state index contributed by atoms with van der Waals surface area (Å²) < 4.78 is 0. The summed E-state index contributed by atoms with van der Waals surface area (Å²) in [4.78, 5) is 8.63. The van der Waals surface area contributed by atoms with Crippen LogP contribution in [0.5, 0.6) is 0 Å². The zero-order chi connectivity index (χ0) is 11.5. The van der Waals surface area contributed by atoms with Crippen molar-refractivity contribution in [1.29, 1.82) is 0 Å². The Morgan fingerprint density at radius 3 is 2.53 bits per heavy atom. The van der Waals surface area contributed by atoms with Gasteiger partial charge in [0.15, 0.2) is 0 Å². The van der Waals surface area contributed by atoms with Crippen molar-refractivity contribution in [2.24, 2.45) is 5.73 Å². The second-order valence-electron chi connectivity index (χ2n) is 3.90. The lowest BCUT2D eigenvalue weighted by atomic mass is 10.1. The summed E-state index contributed by atoms with van der Waals surface area (Å²) in [5.41, 5.74) is 10.9. The predicted octanol–water partition coefficient (Wildman–Crippen LogP) is 2.64. The molecule has 4 heteroatoms. The van der Waals surface area contributed by atoms with Gasteiger partial charge in [-0.3, -0.25) is 9.97 Å². The van der Waals surface area contributed by atoms with Gasteiger partial charge in [0.2, 0.25) is 0 Å². The Morgan fingerprint density at radius 2 is 1.94 bits per heavy atom. The van der Waals surface area contributed by atoms with Crippen LogP contribution in [0.4, 0.5) is 0 Å². The third-order valence-electron chi connectivity index (χ3n) is 2.54. The Bertz CT molecular complexity index is 512. The Balaban J connectivity index is 0.00000144. The van der Waals surface area contributed by atoms with Crippen LogP contribution in [0.15, 0.2) is 30.6 Å². The van der Waals surface area contributed by atoms with Crippen LogP contribution in [-0.4, -0.2) is 9.97 Å². The van der Waals surface area contributed by atoms with Gasteiger partial charge in [-0.2, -0.15) is 0 Å². The smallest absolute Gasteiger partial charge is 0.0732 e. The maximum atomic E-state index is 5.58. The number of pyridine rings is 2. The minimum Gasteiger partial charge on any atom is -0.326 e. The molecule has 2 aromatic heterocycles. The molecule has 0 atom stereocenters. The topological polar surface area (TPSA) is 51.8 Å². The Labute approximate surface area is 108 Å². The van der Waals surface area contributed by atoms with Gasteiger partial charge in [0, 0.05) is 30.2 Å². The molecule has 0 aliphatic carbocycles. The van der Waals surface area contributed by atoms with Gasteiger partial charge < -0.3 is 5.73 Å². The molecular formula is C13H16ClN3. The van der Waals surface area contributed by atoms with Crippen LogP contribution < -0.4 is 5.73 Å². The number of nitrogens with two attached hydrogens (primary N) is 1. The van der Waals surface area contributed by atoms with E-state index < -0.39 is 0 Å². The van der Waals surface area contributed by atoms with Gasteiger partial charge >= 0.3 is 0 Å². The van der Waals surface area contributed by atoms with Crippen molar-refractivity contribution in [2.45, 2.75) is 20.4 Å². The van der Waals surface area contributed by atoms with Crippen LogP contribution in [0.25, 0.3) is 11.3 Å². The summed E-state index contributed by atoms with van der Waals surface area (Å²) in [6.07, 6.45) is 3.64. The molecule has 2 rings (SSSR count). The highest BCUT2D eigenvalue weighted by Crippen LogP contribution is 2.21. The van der Waals surface area contributed by atoms with Crippen LogP contribution in [0.1, 0.15) is 16.8 Å². The van der Waals surface area contributed by atoms with Crippen molar-refractivity contribution < 1.29 is 0 Å². The summed E-state index contributed by atoms with van der Waals surface area (Å²) in [6.45, 7) is 4.56. The van der Waals surface area contributed by atoms with Crippen LogP contribution >= 0.6 is 12.4 Å². The highest BCUT2D eigenvalue weighted by Gasteiger charge is 2.04. The number of halogens is 1. The first-order chi connectivity index (χ1) is 7.70. The first-order valence-corrected chi connectivity index (χ1v) is 5.29. The van der Waals surface area contributed by atoms with E-state index in [0.29, 0.717) is 6.54 Å². The number of hydrogen-bond acceptors (Lipinski definition) is 3. The number of aromatic nitrogens is 2. The maximum absolute atomic E-state index is 5.58. The zero-order valence-electron chi connectivity index (χ0n) is 9.97. The molecule has 2 N–H and O–H groups in total. The molecule has 0 radical (unpaired) electrons. The SMILES string of the molecule is Cc1cc(-c2ncc(CN)cc2C)ccn1.Cl. The molecule has 0 bridgehead atoms. The first-order valence-electron chi connectivity index (χ1n) is 5.29. The monoisotopic (exact) mass is 249 g/mol. The van der Waals surface area contributed by atoms with Crippen LogP contribution in [0.3, 0.4) is 0 Å². The second-order valence-corrected chi connectivity index (χ2v) is 3.90. The van der Waals surface area contributed by atoms with Crippen molar-refractivity contribution in [2.75, 3.05) is 0 Å². The average Bonchev–Trinajstić information content (AvgIpc) is 2.28. The number of aryl methyl sites for hydroxylation is 2. The molecule has 0 aliphatic heterocycles. The van der Waals surface area contributed by atoms with Gasteiger partial charge in [0.1, 0.15) is 0 Å². The third kappa shape index (κ3) is 3.02. The number of rotatable bonds is 2. The highest BCUT2D eigenvalue weighted by atomic mass is 35.5. The number of hydrogen-bond donors (Lipinski definition) is 1. The van der Waals surface area contributed by atoms with Gasteiger partial charge in [-0.05, 0) is 37.1 Å².